The van der Waals surface area contributed by atoms with Crippen molar-refractivity contribution in [3.63, 3.8) is 0 Å². The van der Waals surface area contributed by atoms with Crippen LogP contribution >= 0.6 is 11.6 Å². The molecule has 12 heteroatoms. The lowest BCUT2D eigenvalue weighted by atomic mass is 9.95. The topological polar surface area (TPSA) is 78.1 Å². The Bertz CT molecular complexity index is 1380. The summed E-state index contributed by atoms with van der Waals surface area (Å²) in [6, 6.07) is 8.92. The highest BCUT2D eigenvalue weighted by Gasteiger charge is 2.37. The number of aryl methyl sites for hydroxylation is 1. The van der Waals surface area contributed by atoms with E-state index in [4.69, 9.17) is 11.6 Å². The molecule has 0 unspecified atom stereocenters. The second kappa shape index (κ2) is 11.1. The minimum absolute atomic E-state index is 0.0850. The van der Waals surface area contributed by atoms with Gasteiger partial charge in [0.1, 0.15) is 11.6 Å². The average Bonchev–Trinajstić information content (AvgIpc) is 2.89. The molecule has 1 aliphatic rings. The summed E-state index contributed by atoms with van der Waals surface area (Å²) in [4.78, 5) is 32.4. The molecule has 6 nitrogen and oxygen atoms in total. The number of halogens is 6. The molecule has 0 spiro atoms. The van der Waals surface area contributed by atoms with E-state index in [0.717, 1.165) is 11.8 Å². The number of amides is 1. The first-order valence-electron chi connectivity index (χ1n) is 12.0. The Balaban J connectivity index is 1.52. The van der Waals surface area contributed by atoms with E-state index in [2.05, 4.69) is 15.2 Å². The number of carbonyl (C=O) groups is 1. The van der Waals surface area contributed by atoms with E-state index in [1.807, 2.05) is 17.1 Å². The van der Waals surface area contributed by atoms with Crippen molar-refractivity contribution in [1.29, 1.82) is 0 Å². The molecule has 1 saturated heterocycles. The van der Waals surface area contributed by atoms with Crippen LogP contribution in [0.5, 0.6) is 0 Å². The smallest absolute Gasteiger partial charge is 0.371 e. The molecule has 38 heavy (non-hydrogen) atoms. The number of benzene rings is 2. The Hall–Kier alpha value is -3.47. The molecule has 2 N–H and O–H groups in total. The molecule has 2 aromatic carbocycles. The van der Waals surface area contributed by atoms with E-state index in [-0.39, 0.29) is 36.0 Å². The van der Waals surface area contributed by atoms with Crippen LogP contribution in [0.1, 0.15) is 36.6 Å². The molecule has 0 atom stereocenters. The summed E-state index contributed by atoms with van der Waals surface area (Å²) in [5, 5.41) is 3.22. The number of rotatable bonds is 6. The van der Waals surface area contributed by atoms with E-state index in [9.17, 15) is 27.2 Å². The van der Waals surface area contributed by atoms with Gasteiger partial charge in [-0.1, -0.05) is 24.6 Å². The predicted octanol–water partition coefficient (Wildman–Crippen LogP) is 5.48. The summed E-state index contributed by atoms with van der Waals surface area (Å²) in [6.07, 6.45) is -3.99. The lowest BCUT2D eigenvalue weighted by Crippen LogP contribution is -2.40. The normalized spacial score (nSPS) is 14.6. The van der Waals surface area contributed by atoms with Gasteiger partial charge in [-0.3, -0.25) is 9.59 Å². The quantitative estimate of drug-likeness (QED) is 0.396. The summed E-state index contributed by atoms with van der Waals surface area (Å²) in [6.45, 7) is 2.31. The Morgan fingerprint density at radius 2 is 1.76 bits per heavy atom. The zero-order valence-corrected chi connectivity index (χ0v) is 21.0. The molecule has 0 radical (unpaired) electrons. The SMILES string of the molecule is CCc1nc(-c2c(C(F)(F)F)ccc(CNC(=O)C3CCN(c4ccc(Cl)cc4)CC3)c2F)[nH]c(=O)c1F. The fourth-order valence-corrected chi connectivity index (χ4v) is 4.59. The summed E-state index contributed by atoms with van der Waals surface area (Å²) in [5.74, 6) is -3.98. The number of aromatic amines is 1. The van der Waals surface area contributed by atoms with Crippen molar-refractivity contribution in [3.05, 3.63) is 80.2 Å². The van der Waals surface area contributed by atoms with Crippen molar-refractivity contribution < 1.29 is 26.7 Å². The zero-order chi connectivity index (χ0) is 27.6. The molecule has 1 aromatic heterocycles. The van der Waals surface area contributed by atoms with E-state index in [1.54, 1.807) is 12.1 Å². The van der Waals surface area contributed by atoms with Gasteiger partial charge in [-0.25, -0.2) is 9.37 Å². The molecular weight excluding hydrogens is 531 g/mol. The van der Waals surface area contributed by atoms with Crippen LogP contribution in [0.3, 0.4) is 0 Å². The van der Waals surface area contributed by atoms with Crippen LogP contribution in [0.2, 0.25) is 5.02 Å². The van der Waals surface area contributed by atoms with Crippen LogP contribution in [-0.4, -0.2) is 29.0 Å². The van der Waals surface area contributed by atoms with E-state index < -0.39 is 40.3 Å². The summed E-state index contributed by atoms with van der Waals surface area (Å²) >= 11 is 5.93. The zero-order valence-electron chi connectivity index (χ0n) is 20.3. The second-order valence-electron chi connectivity index (χ2n) is 8.94. The van der Waals surface area contributed by atoms with Crippen molar-refractivity contribution >= 4 is 23.2 Å². The highest BCUT2D eigenvalue weighted by Crippen LogP contribution is 2.38. The minimum Gasteiger partial charge on any atom is -0.371 e. The third kappa shape index (κ3) is 5.82. The number of carbonyl (C=O) groups excluding carboxylic acids is 1. The second-order valence-corrected chi connectivity index (χ2v) is 9.38. The first-order chi connectivity index (χ1) is 18.0. The van der Waals surface area contributed by atoms with Gasteiger partial charge < -0.3 is 15.2 Å². The van der Waals surface area contributed by atoms with Gasteiger partial charge in [0.15, 0.2) is 0 Å². The van der Waals surface area contributed by atoms with Crippen LogP contribution in [0, 0.1) is 17.6 Å². The number of anilines is 1. The maximum atomic E-state index is 15.5. The van der Waals surface area contributed by atoms with Crippen molar-refractivity contribution in [2.75, 3.05) is 18.0 Å². The largest absolute Gasteiger partial charge is 0.417 e. The van der Waals surface area contributed by atoms with Gasteiger partial charge in [0.2, 0.25) is 11.7 Å². The molecule has 4 rings (SSSR count). The number of aromatic nitrogens is 2. The fourth-order valence-electron chi connectivity index (χ4n) is 4.46. The number of piperidine rings is 1. The molecule has 3 aromatic rings. The van der Waals surface area contributed by atoms with Gasteiger partial charge in [0.25, 0.3) is 5.56 Å². The summed E-state index contributed by atoms with van der Waals surface area (Å²) < 4.78 is 70.5. The first kappa shape index (κ1) is 27.6. The van der Waals surface area contributed by atoms with E-state index in [0.29, 0.717) is 37.0 Å². The van der Waals surface area contributed by atoms with Gasteiger partial charge in [0.05, 0.1) is 16.8 Å². The molecule has 1 amide bonds. The Labute approximate surface area is 219 Å². The summed E-state index contributed by atoms with van der Waals surface area (Å²) in [5.41, 5.74) is -3.33. The Kier molecular flexibility index (Phi) is 8.05. The number of nitrogens with zero attached hydrogens (tertiary/aromatic N) is 2. The minimum atomic E-state index is -4.98. The molecule has 1 aliphatic heterocycles. The maximum absolute atomic E-state index is 15.5. The van der Waals surface area contributed by atoms with Crippen molar-refractivity contribution in [1.82, 2.24) is 15.3 Å². The van der Waals surface area contributed by atoms with Gasteiger partial charge in [-0.15, -0.1) is 0 Å². The van der Waals surface area contributed by atoms with Crippen LogP contribution in [0.25, 0.3) is 11.4 Å². The van der Waals surface area contributed by atoms with E-state index >= 15 is 4.39 Å². The number of H-pyrrole nitrogens is 1. The molecule has 1 fully saturated rings. The molecular formula is C26H24ClF5N4O2. The van der Waals surface area contributed by atoms with Crippen molar-refractivity contribution in [3.8, 4) is 11.4 Å². The standard InChI is InChI=1S/C26H24ClF5N4O2/c1-2-19-22(29)25(38)35-23(34-19)20-18(26(30,31)32)8-3-15(21(20)28)13-33-24(37)14-9-11-36(12-10-14)17-6-4-16(27)5-7-17/h3-8,14H,2,9-13H2,1H3,(H,33,37)(H,34,35,38). The van der Waals surface area contributed by atoms with Gasteiger partial charge in [-0.05, 0) is 49.6 Å². The van der Waals surface area contributed by atoms with Gasteiger partial charge in [0, 0.05) is 41.8 Å². The van der Waals surface area contributed by atoms with Crippen LogP contribution in [0.4, 0.5) is 27.6 Å². The lowest BCUT2D eigenvalue weighted by molar-refractivity contribution is -0.137. The number of alkyl halides is 3. The average molecular weight is 555 g/mol. The molecule has 0 saturated carbocycles. The van der Waals surface area contributed by atoms with Crippen molar-refractivity contribution in [2.45, 2.75) is 38.9 Å². The molecule has 2 heterocycles. The predicted molar refractivity (Wildman–Crippen MR) is 133 cm³/mol. The number of hydrogen-bond acceptors (Lipinski definition) is 4. The molecule has 0 bridgehead atoms. The number of hydrogen-bond donors (Lipinski definition) is 2. The number of nitrogens with one attached hydrogen (secondary N) is 2. The lowest BCUT2D eigenvalue weighted by Gasteiger charge is -2.33. The Morgan fingerprint density at radius 1 is 1.11 bits per heavy atom. The van der Waals surface area contributed by atoms with Gasteiger partial charge in [-0.2, -0.15) is 17.6 Å². The summed E-state index contributed by atoms with van der Waals surface area (Å²) in [7, 11) is 0. The Morgan fingerprint density at radius 3 is 2.37 bits per heavy atom. The fraction of sp³-hybridized carbons (Fsp3) is 0.346. The highest BCUT2D eigenvalue weighted by atomic mass is 35.5. The van der Waals surface area contributed by atoms with Crippen LogP contribution in [0.15, 0.2) is 41.2 Å². The maximum Gasteiger partial charge on any atom is 0.417 e. The highest BCUT2D eigenvalue weighted by molar-refractivity contribution is 6.30. The monoisotopic (exact) mass is 554 g/mol. The third-order valence-corrected chi connectivity index (χ3v) is 6.79. The first-order valence-corrected chi connectivity index (χ1v) is 12.3. The van der Waals surface area contributed by atoms with Gasteiger partial charge >= 0.3 is 6.18 Å². The van der Waals surface area contributed by atoms with Crippen molar-refractivity contribution in [2.24, 2.45) is 5.92 Å². The molecule has 0 aliphatic carbocycles. The van der Waals surface area contributed by atoms with Crippen LogP contribution < -0.4 is 15.8 Å². The van der Waals surface area contributed by atoms with Crippen LogP contribution in [-0.2, 0) is 23.9 Å². The third-order valence-electron chi connectivity index (χ3n) is 6.54. The molecule has 202 valence electrons. The van der Waals surface area contributed by atoms with E-state index in [1.165, 1.54) is 6.92 Å².